The molecule has 2 aromatic carbocycles. The van der Waals surface area contributed by atoms with Crippen LogP contribution in [-0.4, -0.2) is 11.9 Å². The summed E-state index contributed by atoms with van der Waals surface area (Å²) >= 11 is 3.40. The first-order valence-corrected chi connectivity index (χ1v) is 7.43. The van der Waals surface area contributed by atoms with Crippen molar-refractivity contribution in [2.75, 3.05) is 0 Å². The summed E-state index contributed by atoms with van der Waals surface area (Å²) in [5, 5.41) is 11.7. The summed E-state index contributed by atoms with van der Waals surface area (Å²) < 4.78 is 1.04. The monoisotopic (exact) mass is 342 g/mol. The predicted molar refractivity (Wildman–Crippen MR) is 85.9 cm³/mol. The van der Waals surface area contributed by atoms with E-state index >= 15 is 0 Å². The number of nitriles is 1. The molecule has 4 heteroatoms. The molecular weight excluding hydrogens is 328 g/mol. The second kappa shape index (κ2) is 7.05. The van der Waals surface area contributed by atoms with Crippen molar-refractivity contribution in [3.8, 4) is 6.07 Å². The van der Waals surface area contributed by atoms with Gasteiger partial charge >= 0.3 is 0 Å². The van der Waals surface area contributed by atoms with Crippen LogP contribution in [0.1, 0.15) is 28.4 Å². The Morgan fingerprint density at radius 1 is 1.19 bits per heavy atom. The van der Waals surface area contributed by atoms with E-state index in [0.717, 1.165) is 10.9 Å². The molecule has 0 saturated carbocycles. The van der Waals surface area contributed by atoms with Crippen molar-refractivity contribution >= 4 is 21.8 Å². The van der Waals surface area contributed by atoms with Gasteiger partial charge in [0.05, 0.1) is 11.6 Å². The average Bonchev–Trinajstić information content (AvgIpc) is 2.49. The van der Waals surface area contributed by atoms with Gasteiger partial charge in [-0.15, -0.1) is 0 Å². The third-order valence-corrected chi connectivity index (χ3v) is 3.64. The van der Waals surface area contributed by atoms with Gasteiger partial charge in [0.1, 0.15) is 0 Å². The molecule has 1 N–H and O–H groups in total. The lowest BCUT2D eigenvalue weighted by Crippen LogP contribution is -2.34. The van der Waals surface area contributed by atoms with E-state index in [-0.39, 0.29) is 11.9 Å². The fourth-order valence-corrected chi connectivity index (χ4v) is 2.29. The molecule has 0 spiro atoms. The molecule has 0 unspecified atom stereocenters. The minimum atomic E-state index is -0.121. The fraction of sp³-hybridized carbons (Fsp3) is 0.176. The lowest BCUT2D eigenvalue weighted by Gasteiger charge is -2.14. The van der Waals surface area contributed by atoms with Crippen molar-refractivity contribution in [2.24, 2.45) is 0 Å². The summed E-state index contributed by atoms with van der Waals surface area (Å²) in [6.07, 6.45) is 0.773. The molecule has 0 saturated heterocycles. The Kier molecular flexibility index (Phi) is 5.13. The molecule has 3 nitrogen and oxygen atoms in total. The number of carbonyl (C=O) groups excluding carboxylic acids is 1. The molecule has 0 radical (unpaired) electrons. The van der Waals surface area contributed by atoms with Crippen molar-refractivity contribution in [2.45, 2.75) is 19.4 Å². The number of hydrogen-bond acceptors (Lipinski definition) is 2. The first kappa shape index (κ1) is 15.3. The zero-order valence-electron chi connectivity index (χ0n) is 11.6. The Balaban J connectivity index is 1.95. The molecule has 0 aromatic heterocycles. The van der Waals surface area contributed by atoms with Gasteiger partial charge in [0.2, 0.25) is 0 Å². The number of hydrogen-bond donors (Lipinski definition) is 1. The van der Waals surface area contributed by atoms with E-state index in [2.05, 4.69) is 21.2 Å². The second-order valence-corrected chi connectivity index (χ2v) is 5.81. The van der Waals surface area contributed by atoms with E-state index in [1.807, 2.05) is 37.3 Å². The van der Waals surface area contributed by atoms with E-state index in [1.54, 1.807) is 24.3 Å². The molecule has 0 aliphatic rings. The van der Waals surface area contributed by atoms with Crippen LogP contribution in [0.25, 0.3) is 0 Å². The fourth-order valence-electron chi connectivity index (χ4n) is 2.03. The molecule has 2 rings (SSSR count). The summed E-state index contributed by atoms with van der Waals surface area (Å²) in [5.74, 6) is -0.121. The van der Waals surface area contributed by atoms with E-state index < -0.39 is 0 Å². The molecule has 2 aromatic rings. The van der Waals surface area contributed by atoms with Crippen LogP contribution >= 0.6 is 15.9 Å². The smallest absolute Gasteiger partial charge is 0.251 e. The molecule has 0 aliphatic carbocycles. The number of benzene rings is 2. The Labute approximate surface area is 132 Å². The van der Waals surface area contributed by atoms with Crippen LogP contribution in [0.15, 0.2) is 53.0 Å². The third kappa shape index (κ3) is 4.44. The minimum absolute atomic E-state index is 0.0364. The number of rotatable bonds is 4. The summed E-state index contributed by atoms with van der Waals surface area (Å²) in [6, 6.07) is 16.8. The SMILES string of the molecule is C[C@H](Cc1ccc(Br)cc1)NC(=O)c1ccc(C#N)cc1. The van der Waals surface area contributed by atoms with Gasteiger partial charge in [-0.3, -0.25) is 4.79 Å². The normalized spacial score (nSPS) is 11.5. The maximum absolute atomic E-state index is 12.1. The highest BCUT2D eigenvalue weighted by molar-refractivity contribution is 9.10. The highest BCUT2D eigenvalue weighted by atomic mass is 79.9. The van der Waals surface area contributed by atoms with Gasteiger partial charge in [-0.2, -0.15) is 5.26 Å². The van der Waals surface area contributed by atoms with Crippen molar-refractivity contribution in [3.05, 3.63) is 69.7 Å². The number of nitrogens with zero attached hydrogens (tertiary/aromatic N) is 1. The van der Waals surface area contributed by atoms with E-state index in [9.17, 15) is 4.79 Å². The molecule has 0 heterocycles. The van der Waals surface area contributed by atoms with Gasteiger partial charge in [-0.25, -0.2) is 0 Å². The molecule has 0 aliphatic heterocycles. The highest BCUT2D eigenvalue weighted by Crippen LogP contribution is 2.12. The van der Waals surface area contributed by atoms with Crippen LogP contribution in [0.5, 0.6) is 0 Å². The number of nitrogens with one attached hydrogen (secondary N) is 1. The summed E-state index contributed by atoms with van der Waals surface area (Å²) in [4.78, 5) is 12.1. The minimum Gasteiger partial charge on any atom is -0.349 e. The summed E-state index contributed by atoms with van der Waals surface area (Å²) in [5.41, 5.74) is 2.29. The van der Waals surface area contributed by atoms with Gasteiger partial charge in [0.15, 0.2) is 0 Å². The van der Waals surface area contributed by atoms with Crippen molar-refractivity contribution in [3.63, 3.8) is 0 Å². The zero-order chi connectivity index (χ0) is 15.2. The molecule has 0 bridgehead atoms. The van der Waals surface area contributed by atoms with Crippen molar-refractivity contribution < 1.29 is 4.79 Å². The lowest BCUT2D eigenvalue weighted by atomic mass is 10.1. The standard InChI is InChI=1S/C17H15BrN2O/c1-12(10-13-4-8-16(18)9-5-13)20-17(21)15-6-2-14(11-19)3-7-15/h2-9,12H,10H2,1H3,(H,20,21)/t12-/m1/s1. The maximum Gasteiger partial charge on any atom is 0.251 e. The van der Waals surface area contributed by atoms with Crippen LogP contribution in [0.2, 0.25) is 0 Å². The summed E-state index contributed by atoms with van der Waals surface area (Å²) in [6.45, 7) is 1.98. The van der Waals surface area contributed by atoms with Crippen LogP contribution in [0.4, 0.5) is 0 Å². The molecule has 106 valence electrons. The van der Waals surface area contributed by atoms with Gasteiger partial charge in [-0.05, 0) is 55.3 Å². The zero-order valence-corrected chi connectivity index (χ0v) is 13.2. The van der Waals surface area contributed by atoms with Crippen molar-refractivity contribution in [1.82, 2.24) is 5.32 Å². The molecule has 0 fully saturated rings. The van der Waals surface area contributed by atoms with Gasteiger partial charge in [-0.1, -0.05) is 28.1 Å². The van der Waals surface area contributed by atoms with Crippen LogP contribution in [0.3, 0.4) is 0 Å². The van der Waals surface area contributed by atoms with Gasteiger partial charge in [0.25, 0.3) is 5.91 Å². The number of carbonyl (C=O) groups is 1. The van der Waals surface area contributed by atoms with Crippen LogP contribution < -0.4 is 5.32 Å². The molecule has 1 amide bonds. The Morgan fingerprint density at radius 3 is 2.38 bits per heavy atom. The molecular formula is C17H15BrN2O. The Hall–Kier alpha value is -2.12. The number of amides is 1. The predicted octanol–water partition coefficient (Wildman–Crippen LogP) is 3.68. The quantitative estimate of drug-likeness (QED) is 0.921. The largest absolute Gasteiger partial charge is 0.349 e. The highest BCUT2D eigenvalue weighted by Gasteiger charge is 2.10. The topological polar surface area (TPSA) is 52.9 Å². The Morgan fingerprint density at radius 2 is 1.81 bits per heavy atom. The average molecular weight is 343 g/mol. The third-order valence-electron chi connectivity index (χ3n) is 3.11. The van der Waals surface area contributed by atoms with E-state index in [4.69, 9.17) is 5.26 Å². The van der Waals surface area contributed by atoms with E-state index in [1.165, 1.54) is 5.56 Å². The lowest BCUT2D eigenvalue weighted by molar-refractivity contribution is 0.0940. The van der Waals surface area contributed by atoms with E-state index in [0.29, 0.717) is 11.1 Å². The van der Waals surface area contributed by atoms with Gasteiger partial charge < -0.3 is 5.32 Å². The maximum atomic E-state index is 12.1. The first-order valence-electron chi connectivity index (χ1n) is 6.64. The molecule has 21 heavy (non-hydrogen) atoms. The van der Waals surface area contributed by atoms with Crippen molar-refractivity contribution in [1.29, 1.82) is 5.26 Å². The first-order chi connectivity index (χ1) is 10.1. The summed E-state index contributed by atoms with van der Waals surface area (Å²) in [7, 11) is 0. The second-order valence-electron chi connectivity index (χ2n) is 4.89. The van der Waals surface area contributed by atoms with Crippen LogP contribution in [-0.2, 0) is 6.42 Å². The Bertz CT molecular complexity index is 657. The number of halogens is 1. The van der Waals surface area contributed by atoms with Crippen LogP contribution in [0, 0.1) is 11.3 Å². The molecule has 1 atom stereocenters. The van der Waals surface area contributed by atoms with Gasteiger partial charge in [0, 0.05) is 16.1 Å².